The SMILES string of the molecule is CCOc1c(/C(C)=C/C(=O)N2CCN(c3ccc(OC)cc3)CC2)cc2c3c(oc2c1C)CCCC3. The second-order valence-corrected chi connectivity index (χ2v) is 9.74. The Morgan fingerprint density at radius 3 is 2.50 bits per heavy atom. The zero-order chi connectivity index (χ0) is 25.2. The van der Waals surface area contributed by atoms with Gasteiger partial charge in [-0.2, -0.15) is 0 Å². The summed E-state index contributed by atoms with van der Waals surface area (Å²) in [5.41, 5.74) is 6.36. The van der Waals surface area contributed by atoms with E-state index in [-0.39, 0.29) is 5.91 Å². The van der Waals surface area contributed by atoms with Gasteiger partial charge >= 0.3 is 0 Å². The van der Waals surface area contributed by atoms with Crippen LogP contribution in [0.4, 0.5) is 5.69 Å². The van der Waals surface area contributed by atoms with Gasteiger partial charge in [0.1, 0.15) is 22.8 Å². The van der Waals surface area contributed by atoms with Crippen LogP contribution in [0.3, 0.4) is 0 Å². The second-order valence-electron chi connectivity index (χ2n) is 9.74. The Morgan fingerprint density at radius 1 is 1.08 bits per heavy atom. The van der Waals surface area contributed by atoms with Crippen LogP contribution in [0.15, 0.2) is 40.8 Å². The van der Waals surface area contributed by atoms with Crippen LogP contribution in [0.2, 0.25) is 0 Å². The van der Waals surface area contributed by atoms with Crippen molar-refractivity contribution < 1.29 is 18.7 Å². The normalized spacial score (nSPS) is 16.3. The highest BCUT2D eigenvalue weighted by Gasteiger charge is 2.24. The van der Waals surface area contributed by atoms with Gasteiger partial charge in [0.05, 0.1) is 13.7 Å². The highest BCUT2D eigenvalue weighted by molar-refractivity contribution is 5.98. The van der Waals surface area contributed by atoms with Crippen molar-refractivity contribution in [2.75, 3.05) is 44.8 Å². The van der Waals surface area contributed by atoms with Crippen molar-refractivity contribution in [1.29, 1.82) is 0 Å². The van der Waals surface area contributed by atoms with Crippen LogP contribution in [0, 0.1) is 6.92 Å². The molecule has 1 amide bonds. The van der Waals surface area contributed by atoms with Crippen molar-refractivity contribution in [1.82, 2.24) is 4.90 Å². The maximum Gasteiger partial charge on any atom is 0.246 e. The minimum Gasteiger partial charge on any atom is -0.497 e. The van der Waals surface area contributed by atoms with Crippen LogP contribution in [0.25, 0.3) is 16.5 Å². The fraction of sp³-hybridized carbons (Fsp3) is 0.433. The van der Waals surface area contributed by atoms with Gasteiger partial charge in [-0.1, -0.05) is 0 Å². The molecule has 0 atom stereocenters. The third-order valence-electron chi connectivity index (χ3n) is 7.51. The molecule has 36 heavy (non-hydrogen) atoms. The Labute approximate surface area is 213 Å². The maximum atomic E-state index is 13.3. The van der Waals surface area contributed by atoms with Crippen molar-refractivity contribution >= 4 is 28.1 Å². The highest BCUT2D eigenvalue weighted by atomic mass is 16.5. The van der Waals surface area contributed by atoms with Crippen LogP contribution in [-0.2, 0) is 17.6 Å². The first-order chi connectivity index (χ1) is 17.5. The van der Waals surface area contributed by atoms with Crippen LogP contribution >= 0.6 is 0 Å². The van der Waals surface area contributed by atoms with Gasteiger partial charge in [-0.05, 0) is 75.9 Å². The molecule has 0 unspecified atom stereocenters. The van der Waals surface area contributed by atoms with E-state index in [4.69, 9.17) is 13.9 Å². The van der Waals surface area contributed by atoms with Gasteiger partial charge in [0.15, 0.2) is 0 Å². The molecule has 5 rings (SSSR count). The number of methoxy groups -OCH3 is 1. The van der Waals surface area contributed by atoms with E-state index in [0.717, 1.165) is 71.2 Å². The molecule has 0 N–H and O–H groups in total. The van der Waals surface area contributed by atoms with E-state index in [2.05, 4.69) is 30.0 Å². The third kappa shape index (κ3) is 4.57. The number of allylic oxidation sites excluding steroid dienone is 1. The number of rotatable bonds is 6. The molecule has 2 aromatic carbocycles. The number of carbonyl (C=O) groups excluding carboxylic acids is 1. The molecule has 0 bridgehead atoms. The Bertz CT molecular complexity index is 1280. The Morgan fingerprint density at radius 2 is 1.81 bits per heavy atom. The van der Waals surface area contributed by atoms with E-state index < -0.39 is 0 Å². The molecule has 6 nitrogen and oxygen atoms in total. The largest absolute Gasteiger partial charge is 0.497 e. The van der Waals surface area contributed by atoms with Gasteiger partial charge in [0.2, 0.25) is 5.91 Å². The molecule has 2 heterocycles. The van der Waals surface area contributed by atoms with E-state index >= 15 is 0 Å². The fourth-order valence-electron chi connectivity index (χ4n) is 5.49. The van der Waals surface area contributed by atoms with E-state index in [1.165, 1.54) is 23.8 Å². The quantitative estimate of drug-likeness (QED) is 0.412. The summed E-state index contributed by atoms with van der Waals surface area (Å²) in [4.78, 5) is 17.5. The summed E-state index contributed by atoms with van der Waals surface area (Å²) in [5, 5.41) is 1.17. The lowest BCUT2D eigenvalue weighted by Gasteiger charge is -2.35. The minimum absolute atomic E-state index is 0.0521. The Kier molecular flexibility index (Phi) is 6.95. The molecule has 1 fully saturated rings. The van der Waals surface area contributed by atoms with Crippen molar-refractivity contribution in [3.8, 4) is 11.5 Å². The van der Waals surface area contributed by atoms with Gasteiger partial charge in [0.25, 0.3) is 0 Å². The van der Waals surface area contributed by atoms with Crippen LogP contribution in [-0.4, -0.2) is 50.7 Å². The Balaban J connectivity index is 1.36. The predicted molar refractivity (Wildman–Crippen MR) is 144 cm³/mol. The molecule has 1 aromatic heterocycles. The summed E-state index contributed by atoms with van der Waals surface area (Å²) in [6.07, 6.45) is 6.20. The predicted octanol–water partition coefficient (Wildman–Crippen LogP) is 5.78. The molecule has 6 heteroatoms. The lowest BCUT2D eigenvalue weighted by Crippen LogP contribution is -2.48. The molecule has 0 saturated carbocycles. The van der Waals surface area contributed by atoms with Crippen LogP contribution < -0.4 is 14.4 Å². The molecular weight excluding hydrogens is 452 g/mol. The molecular formula is C30H36N2O4. The van der Waals surface area contributed by atoms with Gasteiger partial charge in [-0.25, -0.2) is 0 Å². The summed E-state index contributed by atoms with van der Waals surface area (Å²) >= 11 is 0. The van der Waals surface area contributed by atoms with Crippen molar-refractivity contribution in [2.45, 2.75) is 46.5 Å². The number of aryl methyl sites for hydroxylation is 3. The van der Waals surface area contributed by atoms with Crippen LogP contribution in [0.1, 0.15) is 49.1 Å². The number of hydrogen-bond donors (Lipinski definition) is 0. The summed E-state index contributed by atoms with van der Waals surface area (Å²) < 4.78 is 17.7. The number of furan rings is 1. The smallest absolute Gasteiger partial charge is 0.246 e. The van der Waals surface area contributed by atoms with Gasteiger partial charge < -0.3 is 23.7 Å². The topological polar surface area (TPSA) is 55.2 Å². The number of hydrogen-bond acceptors (Lipinski definition) is 5. The number of anilines is 1. The Hall–Kier alpha value is -3.41. The molecule has 1 saturated heterocycles. The first kappa shape index (κ1) is 24.3. The van der Waals surface area contributed by atoms with Crippen LogP contribution in [0.5, 0.6) is 11.5 Å². The van der Waals surface area contributed by atoms with E-state index in [1.807, 2.05) is 30.9 Å². The fourth-order valence-corrected chi connectivity index (χ4v) is 5.49. The molecule has 0 radical (unpaired) electrons. The molecule has 3 aromatic rings. The first-order valence-electron chi connectivity index (χ1n) is 13.1. The minimum atomic E-state index is 0.0521. The lowest BCUT2D eigenvalue weighted by atomic mass is 9.93. The first-order valence-corrected chi connectivity index (χ1v) is 13.1. The number of fused-ring (bicyclic) bond motifs is 3. The van der Waals surface area contributed by atoms with Crippen molar-refractivity contribution in [2.24, 2.45) is 0 Å². The summed E-state index contributed by atoms with van der Waals surface area (Å²) in [6.45, 7) is 9.64. The maximum absolute atomic E-state index is 13.3. The van der Waals surface area contributed by atoms with Crippen molar-refractivity contribution in [3.63, 3.8) is 0 Å². The molecule has 1 aliphatic heterocycles. The molecule has 0 spiro atoms. The van der Waals surface area contributed by atoms with E-state index in [0.29, 0.717) is 19.7 Å². The monoisotopic (exact) mass is 488 g/mol. The zero-order valence-corrected chi connectivity index (χ0v) is 21.9. The van der Waals surface area contributed by atoms with E-state index in [1.54, 1.807) is 13.2 Å². The van der Waals surface area contributed by atoms with Crippen molar-refractivity contribution in [3.05, 3.63) is 58.9 Å². The zero-order valence-electron chi connectivity index (χ0n) is 21.9. The average Bonchev–Trinajstić information content (AvgIpc) is 3.29. The standard InChI is InChI=1S/C30H36N2O4/c1-5-35-29-21(3)30-26(24-8-6-7-9-27(24)36-30)19-25(29)20(2)18-28(33)32-16-14-31(15-17-32)22-10-12-23(34-4)13-11-22/h10-13,18-19H,5-9,14-17H2,1-4H3/b20-18+. The summed E-state index contributed by atoms with van der Waals surface area (Å²) in [6, 6.07) is 10.3. The van der Waals surface area contributed by atoms with Gasteiger partial charge in [-0.15, -0.1) is 0 Å². The number of carbonyl (C=O) groups is 1. The lowest BCUT2D eigenvalue weighted by molar-refractivity contribution is -0.126. The van der Waals surface area contributed by atoms with E-state index in [9.17, 15) is 4.79 Å². The highest BCUT2D eigenvalue weighted by Crippen LogP contribution is 2.41. The molecule has 2 aliphatic rings. The second kappa shape index (κ2) is 10.3. The number of ether oxygens (including phenoxy) is 2. The third-order valence-corrected chi connectivity index (χ3v) is 7.51. The average molecular weight is 489 g/mol. The number of nitrogens with zero attached hydrogens (tertiary/aromatic N) is 2. The number of amides is 1. The molecule has 190 valence electrons. The summed E-state index contributed by atoms with van der Waals surface area (Å²) in [7, 11) is 1.68. The summed E-state index contributed by atoms with van der Waals surface area (Å²) in [5.74, 6) is 2.84. The van der Waals surface area contributed by atoms with Gasteiger partial charge in [0, 0.05) is 66.4 Å². The number of piperazine rings is 1. The molecule has 1 aliphatic carbocycles. The number of benzene rings is 2. The van der Waals surface area contributed by atoms with Gasteiger partial charge in [-0.3, -0.25) is 4.79 Å².